The predicted octanol–water partition coefficient (Wildman–Crippen LogP) is 10.4. The van der Waals surface area contributed by atoms with Gasteiger partial charge in [0.05, 0.1) is 50.7 Å². The third-order valence-electron chi connectivity index (χ3n) is 20.4. The zero-order valence-corrected chi connectivity index (χ0v) is 62.5. The highest BCUT2D eigenvalue weighted by Crippen LogP contribution is 2.39. The first-order chi connectivity index (χ1) is 48.9. The van der Waals surface area contributed by atoms with Crippen LogP contribution in [-0.4, -0.2) is 215 Å². The molecule has 0 bridgehead atoms. The summed E-state index contributed by atoms with van der Waals surface area (Å²) in [6, 6.07) is -2.53. The molecule has 18 atom stereocenters. The average molecular weight is 1450 g/mol. The van der Waals surface area contributed by atoms with Gasteiger partial charge in [-0.2, -0.15) is 0 Å². The van der Waals surface area contributed by atoms with Gasteiger partial charge in [0, 0.05) is 19.8 Å². The molecule has 23 nitrogen and oxygen atoms in total. The molecule has 0 aromatic heterocycles. The maximum absolute atomic E-state index is 13.6. The molecule has 0 aromatic carbocycles. The second kappa shape index (κ2) is 57.4. The summed E-state index contributed by atoms with van der Waals surface area (Å²) in [4.78, 5) is 38.7. The Morgan fingerprint density at radius 3 is 1.39 bits per heavy atom. The average Bonchev–Trinajstić information content (AvgIpc) is 0.756. The molecule has 0 saturated carbocycles. The minimum absolute atomic E-state index is 0.222. The Morgan fingerprint density at radius 2 is 0.950 bits per heavy atom. The van der Waals surface area contributed by atoms with Crippen LogP contribution in [0, 0.1) is 0 Å². The van der Waals surface area contributed by atoms with Gasteiger partial charge in [-0.1, -0.05) is 276 Å². The van der Waals surface area contributed by atoms with Crippen molar-refractivity contribution in [3.05, 3.63) is 24.3 Å². The van der Waals surface area contributed by atoms with E-state index in [1.807, 2.05) is 0 Å². The lowest BCUT2D eigenvalue weighted by Gasteiger charge is -2.50. The number of hydrogen-bond donors (Lipinski definition) is 14. The van der Waals surface area contributed by atoms with E-state index in [-0.39, 0.29) is 18.9 Å². The number of carboxylic acids is 1. The van der Waals surface area contributed by atoms with Gasteiger partial charge in [-0.25, -0.2) is 4.79 Å². The van der Waals surface area contributed by atoms with E-state index in [1.165, 1.54) is 199 Å². The van der Waals surface area contributed by atoms with Crippen LogP contribution < -0.4 is 10.6 Å². The third kappa shape index (κ3) is 38.0. The second-order valence-corrected chi connectivity index (χ2v) is 29.3. The fourth-order valence-corrected chi connectivity index (χ4v) is 14.0. The van der Waals surface area contributed by atoms with Crippen LogP contribution in [0.5, 0.6) is 0 Å². The maximum atomic E-state index is 13.6. The van der Waals surface area contributed by atoms with Crippen molar-refractivity contribution in [3.63, 3.8) is 0 Å². The van der Waals surface area contributed by atoms with Gasteiger partial charge in [-0.15, -0.1) is 0 Å². The SMILES string of the molecule is CCCCCCCCCCC/C=C\C/C=C\CCCCCCCCCCCCCC(=O)NC(COC1OC(CO)C(OC2OC(CO)C(O)C(OC3(C(=O)O)CC(O)C(NC(C)=O)C(C(O)C(O)CO)O3)C2O)C(O)C1O)C(O)CCCCCCCCCCCCCCCCCCCCCC. The molecule has 14 N–H and O–H groups in total. The highest BCUT2D eigenvalue weighted by atomic mass is 16.8. The number of unbranched alkanes of at least 4 members (excludes halogenated alkanes) is 39. The van der Waals surface area contributed by atoms with Crippen LogP contribution >= 0.6 is 0 Å². The summed E-state index contributed by atoms with van der Waals surface area (Å²) in [6.45, 7) is 2.25. The first kappa shape index (κ1) is 92.4. The van der Waals surface area contributed by atoms with E-state index in [0.29, 0.717) is 19.3 Å². The Morgan fingerprint density at radius 1 is 0.515 bits per heavy atom. The highest BCUT2D eigenvalue weighted by molar-refractivity contribution is 5.77. The summed E-state index contributed by atoms with van der Waals surface area (Å²) in [5.41, 5.74) is 0. The van der Waals surface area contributed by atoms with Crippen LogP contribution in [0.15, 0.2) is 24.3 Å². The molecule has 3 aliphatic rings. The lowest BCUT2D eigenvalue weighted by molar-refractivity contribution is -0.386. The van der Waals surface area contributed by atoms with Crippen LogP contribution in [0.2, 0.25) is 0 Å². The van der Waals surface area contributed by atoms with Crippen molar-refractivity contribution in [2.45, 2.75) is 426 Å². The second-order valence-electron chi connectivity index (χ2n) is 29.3. The normalized spacial score (nSPS) is 26.9. The summed E-state index contributed by atoms with van der Waals surface area (Å²) >= 11 is 0. The predicted molar refractivity (Wildman–Crippen MR) is 389 cm³/mol. The number of carboxylic acid groups (broad SMARTS) is 1. The Hall–Kier alpha value is -2.79. The van der Waals surface area contributed by atoms with Gasteiger partial charge in [-0.3, -0.25) is 9.59 Å². The molecular weight excluding hydrogens is 1300 g/mol. The van der Waals surface area contributed by atoms with Crippen LogP contribution in [-0.2, 0) is 42.8 Å². The number of nitrogens with one attached hydrogen (secondary N) is 2. The fraction of sp³-hybridized carbons (Fsp3) is 0.910. The van der Waals surface area contributed by atoms with Gasteiger partial charge in [0.25, 0.3) is 5.79 Å². The van der Waals surface area contributed by atoms with E-state index in [0.717, 1.165) is 71.1 Å². The molecule has 3 fully saturated rings. The lowest BCUT2D eigenvalue weighted by atomic mass is 9.88. The van der Waals surface area contributed by atoms with E-state index in [9.17, 15) is 75.7 Å². The molecule has 0 radical (unpaired) electrons. The zero-order chi connectivity index (χ0) is 73.9. The van der Waals surface area contributed by atoms with Crippen molar-refractivity contribution in [1.29, 1.82) is 0 Å². The molecule has 23 heteroatoms. The van der Waals surface area contributed by atoms with E-state index in [4.69, 9.17) is 28.4 Å². The van der Waals surface area contributed by atoms with Crippen molar-refractivity contribution >= 4 is 17.8 Å². The molecule has 0 aromatic rings. The lowest BCUT2D eigenvalue weighted by Crippen LogP contribution is -2.70. The van der Waals surface area contributed by atoms with Gasteiger partial charge >= 0.3 is 5.97 Å². The third-order valence-corrected chi connectivity index (χ3v) is 20.4. The van der Waals surface area contributed by atoms with E-state index < -0.39 is 148 Å². The highest BCUT2D eigenvalue weighted by Gasteiger charge is 2.60. The molecule has 592 valence electrons. The number of aliphatic hydroxyl groups excluding tert-OH is 11. The molecule has 0 aliphatic carbocycles. The summed E-state index contributed by atoms with van der Waals surface area (Å²) in [7, 11) is 0. The number of allylic oxidation sites excluding steroid dienone is 4. The molecule has 0 spiro atoms. The van der Waals surface area contributed by atoms with Crippen LogP contribution in [0.4, 0.5) is 0 Å². The summed E-state index contributed by atoms with van der Waals surface area (Å²) < 4.78 is 35.0. The van der Waals surface area contributed by atoms with Gasteiger partial charge in [-0.05, 0) is 44.9 Å². The van der Waals surface area contributed by atoms with E-state index in [2.05, 4.69) is 48.8 Å². The summed E-state index contributed by atoms with van der Waals surface area (Å²) in [5.74, 6) is -6.10. The van der Waals surface area contributed by atoms with Gasteiger partial charge in [0.1, 0.15) is 67.1 Å². The minimum Gasteiger partial charge on any atom is -0.477 e. The number of ether oxygens (including phenoxy) is 6. The topological polar surface area (TPSA) is 373 Å². The van der Waals surface area contributed by atoms with E-state index in [1.54, 1.807) is 0 Å². The van der Waals surface area contributed by atoms with Crippen molar-refractivity contribution in [1.82, 2.24) is 10.6 Å². The largest absolute Gasteiger partial charge is 0.477 e. The van der Waals surface area contributed by atoms with Gasteiger partial charge in [0.2, 0.25) is 11.8 Å². The standard InChI is InChI=1S/C78H144N2O21/c1-4-6-8-10-12-14-16-18-20-22-24-26-27-28-29-30-31-32-34-36-38-40-42-44-46-48-50-52-65(88)80-59(60(85)51-49-47-45-43-41-39-37-35-33-25-23-21-19-17-15-13-11-9-7-5-2)57-96-75-70(92)69(91)72(64(56-83)98-75)99-76-71(93)74(68(90)63(55-82)97-76)101-78(77(94)95)53-61(86)66(79-58(3)84)73(100-78)67(89)62(87)54-81/h24,26,28-29,59-64,66-76,81-83,85-87,89-93H,4-23,25,27,30-57H2,1-3H3,(H,79,84)(H,80,88)(H,94,95)/b26-24-,29-28-. The van der Waals surface area contributed by atoms with E-state index >= 15 is 0 Å². The number of amides is 2. The minimum atomic E-state index is -3.08. The maximum Gasteiger partial charge on any atom is 0.364 e. The number of aliphatic hydroxyl groups is 11. The molecule has 3 rings (SSSR count). The monoisotopic (exact) mass is 1450 g/mol. The molecule has 3 aliphatic heterocycles. The van der Waals surface area contributed by atoms with Gasteiger partial charge < -0.3 is 100 Å². The fourth-order valence-electron chi connectivity index (χ4n) is 14.0. The number of carbonyl (C=O) groups is 3. The van der Waals surface area contributed by atoms with Crippen LogP contribution in [0.25, 0.3) is 0 Å². The van der Waals surface area contributed by atoms with Crippen LogP contribution in [0.3, 0.4) is 0 Å². The summed E-state index contributed by atoms with van der Waals surface area (Å²) in [5, 5.41) is 137. The molecular formula is C78H144N2O21. The number of carbonyl (C=O) groups excluding carboxylic acids is 2. The van der Waals surface area contributed by atoms with Crippen molar-refractivity contribution in [3.8, 4) is 0 Å². The number of rotatable bonds is 63. The number of hydrogen-bond acceptors (Lipinski definition) is 20. The van der Waals surface area contributed by atoms with Crippen molar-refractivity contribution in [2.24, 2.45) is 0 Å². The van der Waals surface area contributed by atoms with Crippen molar-refractivity contribution < 1.29 is 104 Å². The quantitative estimate of drug-likeness (QED) is 0.0199. The van der Waals surface area contributed by atoms with Crippen molar-refractivity contribution in [2.75, 3.05) is 26.4 Å². The molecule has 18 unspecified atom stereocenters. The Labute approximate surface area is 606 Å². The zero-order valence-electron chi connectivity index (χ0n) is 62.5. The smallest absolute Gasteiger partial charge is 0.364 e. The first-order valence-corrected chi connectivity index (χ1v) is 40.2. The Bertz CT molecular complexity index is 2110. The molecule has 2 amide bonds. The molecule has 101 heavy (non-hydrogen) atoms. The molecule has 3 saturated heterocycles. The Balaban J connectivity index is 1.51. The van der Waals surface area contributed by atoms with Gasteiger partial charge in [0.15, 0.2) is 12.6 Å². The Kier molecular flexibility index (Phi) is 52.5. The van der Waals surface area contributed by atoms with Crippen LogP contribution in [0.1, 0.15) is 316 Å². The summed E-state index contributed by atoms with van der Waals surface area (Å²) in [6.07, 6.45) is 33.1. The number of aliphatic carboxylic acids is 1. The molecule has 3 heterocycles. The first-order valence-electron chi connectivity index (χ1n) is 40.2.